The van der Waals surface area contributed by atoms with E-state index in [4.69, 9.17) is 0 Å². The molecule has 0 fully saturated rings. The molecule has 0 spiro atoms. The molecule has 0 radical (unpaired) electrons. The second-order valence-electron chi connectivity index (χ2n) is 2.91. The molecule has 0 aliphatic rings. The van der Waals surface area contributed by atoms with Crippen LogP contribution < -0.4 is 0 Å². The molecular weight excluding hydrogens is 162 g/mol. The summed E-state index contributed by atoms with van der Waals surface area (Å²) in [5, 5.41) is 0. The lowest BCUT2D eigenvalue weighted by molar-refractivity contribution is -0.115. The van der Waals surface area contributed by atoms with Gasteiger partial charge in [-0.05, 0) is 12.0 Å². The Labute approximate surface area is 80.2 Å². The van der Waals surface area contributed by atoms with Crippen LogP contribution in [-0.4, -0.2) is 25.4 Å². The zero-order valence-corrected chi connectivity index (χ0v) is 8.53. The summed E-state index contributed by atoms with van der Waals surface area (Å²) >= 11 is 0. The predicted molar refractivity (Wildman–Crippen MR) is 55.6 cm³/mol. The van der Waals surface area contributed by atoms with Crippen molar-refractivity contribution < 1.29 is 4.79 Å². The standard InChI is InChI=1S/C8H10.C3H7NO/c1-2-8-6-4-3-5-7-8;1-4(2)3-5/h3-7H,2H2,1H3;3H,1-2H3. The van der Waals surface area contributed by atoms with Crippen LogP contribution in [0.15, 0.2) is 30.3 Å². The van der Waals surface area contributed by atoms with Crippen LogP contribution in [0.3, 0.4) is 0 Å². The van der Waals surface area contributed by atoms with E-state index in [1.54, 1.807) is 14.1 Å². The van der Waals surface area contributed by atoms with E-state index < -0.39 is 0 Å². The minimum absolute atomic E-state index is 0.750. The number of rotatable bonds is 2. The van der Waals surface area contributed by atoms with Crippen LogP contribution in [0.4, 0.5) is 0 Å². The summed E-state index contributed by atoms with van der Waals surface area (Å²) in [6.07, 6.45) is 1.89. The molecule has 0 N–H and O–H groups in total. The maximum Gasteiger partial charge on any atom is 0.209 e. The van der Waals surface area contributed by atoms with Gasteiger partial charge in [0.2, 0.25) is 6.41 Å². The first-order valence-electron chi connectivity index (χ1n) is 4.36. The second kappa shape index (κ2) is 7.35. The number of benzene rings is 1. The molecule has 13 heavy (non-hydrogen) atoms. The number of aryl methyl sites for hydroxylation is 1. The number of amides is 1. The fourth-order valence-electron chi connectivity index (χ4n) is 0.714. The van der Waals surface area contributed by atoms with Gasteiger partial charge in [-0.1, -0.05) is 37.3 Å². The van der Waals surface area contributed by atoms with Crippen molar-refractivity contribution in [3.63, 3.8) is 0 Å². The quantitative estimate of drug-likeness (QED) is 0.635. The summed E-state index contributed by atoms with van der Waals surface area (Å²) in [7, 11) is 3.38. The predicted octanol–water partition coefficient (Wildman–Crippen LogP) is 1.95. The zero-order valence-electron chi connectivity index (χ0n) is 8.53. The van der Waals surface area contributed by atoms with Crippen LogP contribution >= 0.6 is 0 Å². The van der Waals surface area contributed by atoms with Crippen molar-refractivity contribution in [2.45, 2.75) is 13.3 Å². The summed E-state index contributed by atoms with van der Waals surface area (Å²) in [4.78, 5) is 10.9. The molecule has 2 heteroatoms. The molecule has 0 bridgehead atoms. The van der Waals surface area contributed by atoms with E-state index in [-0.39, 0.29) is 0 Å². The van der Waals surface area contributed by atoms with Crippen molar-refractivity contribution in [2.75, 3.05) is 14.1 Å². The topological polar surface area (TPSA) is 20.3 Å². The third-order valence-electron chi connectivity index (χ3n) is 1.46. The Morgan fingerprint density at radius 1 is 1.23 bits per heavy atom. The normalized spacial score (nSPS) is 8.23. The van der Waals surface area contributed by atoms with Crippen LogP contribution in [-0.2, 0) is 11.2 Å². The Bertz CT molecular complexity index is 219. The van der Waals surface area contributed by atoms with Crippen molar-refractivity contribution in [3.05, 3.63) is 35.9 Å². The van der Waals surface area contributed by atoms with E-state index in [1.165, 1.54) is 10.5 Å². The summed E-state index contributed by atoms with van der Waals surface area (Å²) in [6, 6.07) is 10.5. The average Bonchev–Trinajstić information content (AvgIpc) is 2.20. The van der Waals surface area contributed by atoms with E-state index in [0.29, 0.717) is 0 Å². The van der Waals surface area contributed by atoms with E-state index >= 15 is 0 Å². The monoisotopic (exact) mass is 179 g/mol. The Morgan fingerprint density at radius 3 is 1.92 bits per heavy atom. The first kappa shape index (κ1) is 11.7. The summed E-state index contributed by atoms with van der Waals surface area (Å²) < 4.78 is 0. The van der Waals surface area contributed by atoms with Crippen LogP contribution in [0.25, 0.3) is 0 Å². The van der Waals surface area contributed by atoms with Crippen LogP contribution in [0.2, 0.25) is 0 Å². The minimum atomic E-state index is 0.750. The smallest absolute Gasteiger partial charge is 0.209 e. The molecule has 72 valence electrons. The lowest BCUT2D eigenvalue weighted by Crippen LogP contribution is -2.06. The SMILES string of the molecule is CCc1ccccc1.CN(C)C=O. The van der Waals surface area contributed by atoms with Gasteiger partial charge in [-0.2, -0.15) is 0 Å². The van der Waals surface area contributed by atoms with Gasteiger partial charge in [0.15, 0.2) is 0 Å². The van der Waals surface area contributed by atoms with Crippen molar-refractivity contribution in [2.24, 2.45) is 0 Å². The number of hydrogen-bond donors (Lipinski definition) is 0. The lowest BCUT2D eigenvalue weighted by atomic mass is 10.2. The van der Waals surface area contributed by atoms with Gasteiger partial charge >= 0.3 is 0 Å². The third kappa shape index (κ3) is 7.06. The Morgan fingerprint density at radius 2 is 1.69 bits per heavy atom. The lowest BCUT2D eigenvalue weighted by Gasteiger charge is -1.93. The molecule has 1 rings (SSSR count). The fourth-order valence-corrected chi connectivity index (χ4v) is 0.714. The van der Waals surface area contributed by atoms with Gasteiger partial charge in [0, 0.05) is 14.1 Å². The maximum atomic E-state index is 9.43. The van der Waals surface area contributed by atoms with E-state index in [0.717, 1.165) is 12.8 Å². The molecular formula is C11H17NO. The average molecular weight is 179 g/mol. The van der Waals surface area contributed by atoms with Gasteiger partial charge in [-0.3, -0.25) is 4.79 Å². The van der Waals surface area contributed by atoms with Crippen molar-refractivity contribution in [1.82, 2.24) is 4.90 Å². The first-order valence-corrected chi connectivity index (χ1v) is 4.36. The number of hydrogen-bond acceptors (Lipinski definition) is 1. The minimum Gasteiger partial charge on any atom is -0.351 e. The van der Waals surface area contributed by atoms with E-state index in [2.05, 4.69) is 31.2 Å². The molecule has 0 heterocycles. The van der Waals surface area contributed by atoms with Gasteiger partial charge in [-0.15, -0.1) is 0 Å². The highest BCUT2D eigenvalue weighted by atomic mass is 16.1. The summed E-state index contributed by atoms with van der Waals surface area (Å²) in [5.74, 6) is 0. The van der Waals surface area contributed by atoms with Crippen molar-refractivity contribution in [1.29, 1.82) is 0 Å². The highest BCUT2D eigenvalue weighted by Gasteiger charge is 1.79. The number of nitrogens with zero attached hydrogens (tertiary/aromatic N) is 1. The highest BCUT2D eigenvalue weighted by Crippen LogP contribution is 1.96. The van der Waals surface area contributed by atoms with Crippen LogP contribution in [0, 0.1) is 0 Å². The van der Waals surface area contributed by atoms with Crippen LogP contribution in [0.1, 0.15) is 12.5 Å². The molecule has 1 aromatic carbocycles. The molecule has 0 saturated carbocycles. The molecule has 0 aromatic heterocycles. The molecule has 2 nitrogen and oxygen atoms in total. The van der Waals surface area contributed by atoms with Gasteiger partial charge in [0.1, 0.15) is 0 Å². The van der Waals surface area contributed by atoms with Gasteiger partial charge < -0.3 is 4.90 Å². The van der Waals surface area contributed by atoms with E-state index in [1.807, 2.05) is 6.07 Å². The fraction of sp³-hybridized carbons (Fsp3) is 0.364. The number of carbonyl (C=O) groups excluding carboxylic acids is 1. The third-order valence-corrected chi connectivity index (χ3v) is 1.46. The van der Waals surface area contributed by atoms with Gasteiger partial charge in [0.25, 0.3) is 0 Å². The molecule has 1 amide bonds. The van der Waals surface area contributed by atoms with E-state index in [9.17, 15) is 4.79 Å². The molecule has 0 saturated heterocycles. The van der Waals surface area contributed by atoms with Crippen LogP contribution in [0.5, 0.6) is 0 Å². The molecule has 0 unspecified atom stereocenters. The maximum absolute atomic E-state index is 9.43. The molecule has 0 aliphatic carbocycles. The first-order chi connectivity index (χ1) is 6.20. The largest absolute Gasteiger partial charge is 0.351 e. The second-order valence-corrected chi connectivity index (χ2v) is 2.91. The van der Waals surface area contributed by atoms with Gasteiger partial charge in [0.05, 0.1) is 0 Å². The number of carbonyl (C=O) groups is 1. The summed E-state index contributed by atoms with van der Waals surface area (Å²) in [5.41, 5.74) is 1.41. The van der Waals surface area contributed by atoms with Crippen molar-refractivity contribution in [3.8, 4) is 0 Å². The Kier molecular flexibility index (Phi) is 6.60. The van der Waals surface area contributed by atoms with Crippen molar-refractivity contribution >= 4 is 6.41 Å². The molecule has 0 aliphatic heterocycles. The Balaban J connectivity index is 0.000000252. The van der Waals surface area contributed by atoms with Gasteiger partial charge in [-0.25, -0.2) is 0 Å². The zero-order chi connectivity index (χ0) is 10.1. The molecule has 1 aromatic rings. The molecule has 0 atom stereocenters. The highest BCUT2D eigenvalue weighted by molar-refractivity contribution is 5.45. The Hall–Kier alpha value is -1.31. The summed E-state index contributed by atoms with van der Waals surface area (Å²) in [6.45, 7) is 2.16.